The monoisotopic (exact) mass is 271 g/mol. The molecule has 0 amide bonds. The molecule has 0 saturated heterocycles. The lowest BCUT2D eigenvalue weighted by Gasteiger charge is -2.23. The Bertz CT molecular complexity index is 363. The number of anilines is 1. The van der Waals surface area contributed by atoms with Crippen molar-refractivity contribution in [3.05, 3.63) is 40.6 Å². The Hall–Kier alpha value is -0.830. The van der Waals surface area contributed by atoms with Crippen molar-refractivity contribution in [2.45, 2.75) is 13.8 Å². The predicted molar refractivity (Wildman–Crippen MR) is 66.8 cm³/mol. The summed E-state index contributed by atoms with van der Waals surface area (Å²) in [7, 11) is 0. The molecule has 1 rings (SSSR count). The lowest BCUT2D eigenvalue weighted by molar-refractivity contribution is 0.620. The van der Waals surface area contributed by atoms with E-state index < -0.39 is 0 Å². The molecule has 1 nitrogen and oxygen atoms in total. The molecule has 0 aliphatic heterocycles. The number of rotatable bonds is 4. The molecule has 0 aliphatic rings. The van der Waals surface area contributed by atoms with E-state index >= 15 is 0 Å². The van der Waals surface area contributed by atoms with Crippen LogP contribution in [0.5, 0.6) is 0 Å². The highest BCUT2D eigenvalue weighted by molar-refractivity contribution is 9.10. The van der Waals surface area contributed by atoms with Crippen LogP contribution in [0.1, 0.15) is 13.8 Å². The predicted octanol–water partition coefficient (Wildman–Crippen LogP) is 3.99. The van der Waals surface area contributed by atoms with Crippen LogP contribution in [0.15, 0.2) is 34.8 Å². The molecular weight excluding hydrogens is 257 g/mol. The van der Waals surface area contributed by atoms with Gasteiger partial charge in [0.25, 0.3) is 0 Å². The molecule has 0 heterocycles. The Labute approximate surface area is 98.7 Å². The Morgan fingerprint density at radius 3 is 2.67 bits per heavy atom. The van der Waals surface area contributed by atoms with Gasteiger partial charge in [-0.1, -0.05) is 28.1 Å². The minimum absolute atomic E-state index is 0.201. The SMILES string of the molecule is C=C(C)CN(CC)c1ccc(Br)cc1F. The van der Waals surface area contributed by atoms with Crippen LogP contribution in [-0.2, 0) is 0 Å². The maximum atomic E-state index is 13.6. The average molecular weight is 272 g/mol. The highest BCUT2D eigenvalue weighted by Crippen LogP contribution is 2.23. The molecule has 0 aromatic heterocycles. The van der Waals surface area contributed by atoms with Gasteiger partial charge in [-0.25, -0.2) is 4.39 Å². The highest BCUT2D eigenvalue weighted by atomic mass is 79.9. The third-order valence-electron chi connectivity index (χ3n) is 2.09. The highest BCUT2D eigenvalue weighted by Gasteiger charge is 2.09. The van der Waals surface area contributed by atoms with Crippen molar-refractivity contribution in [3.63, 3.8) is 0 Å². The van der Waals surface area contributed by atoms with Crippen molar-refractivity contribution in [3.8, 4) is 0 Å². The third kappa shape index (κ3) is 3.34. The van der Waals surface area contributed by atoms with Crippen molar-refractivity contribution in [2.24, 2.45) is 0 Å². The van der Waals surface area contributed by atoms with E-state index in [0.717, 1.165) is 16.6 Å². The van der Waals surface area contributed by atoms with Crippen molar-refractivity contribution in [2.75, 3.05) is 18.0 Å². The van der Waals surface area contributed by atoms with Gasteiger partial charge >= 0.3 is 0 Å². The molecule has 0 fully saturated rings. The Kier molecular flexibility index (Phi) is 4.33. The molecule has 0 radical (unpaired) electrons. The van der Waals surface area contributed by atoms with Gasteiger partial charge in [0.1, 0.15) is 5.82 Å². The van der Waals surface area contributed by atoms with E-state index in [1.165, 1.54) is 6.07 Å². The zero-order chi connectivity index (χ0) is 11.4. The second-order valence-corrected chi connectivity index (χ2v) is 4.48. The number of benzene rings is 1. The summed E-state index contributed by atoms with van der Waals surface area (Å²) in [5.41, 5.74) is 1.66. The zero-order valence-corrected chi connectivity index (χ0v) is 10.6. The van der Waals surface area contributed by atoms with E-state index in [4.69, 9.17) is 0 Å². The number of hydrogen-bond acceptors (Lipinski definition) is 1. The van der Waals surface area contributed by atoms with Crippen LogP contribution in [-0.4, -0.2) is 13.1 Å². The van der Waals surface area contributed by atoms with Crippen LogP contribution in [0.3, 0.4) is 0 Å². The first-order chi connectivity index (χ1) is 7.04. The molecule has 0 N–H and O–H groups in total. The molecule has 3 heteroatoms. The molecule has 0 bridgehead atoms. The minimum atomic E-state index is -0.201. The summed E-state index contributed by atoms with van der Waals surface area (Å²) >= 11 is 3.24. The lowest BCUT2D eigenvalue weighted by Crippen LogP contribution is -2.25. The third-order valence-corrected chi connectivity index (χ3v) is 2.59. The summed E-state index contributed by atoms with van der Waals surface area (Å²) in [5, 5.41) is 0. The molecule has 1 aromatic rings. The van der Waals surface area contributed by atoms with Crippen LogP contribution in [0, 0.1) is 5.82 Å². The van der Waals surface area contributed by atoms with Crippen LogP contribution in [0.2, 0.25) is 0 Å². The average Bonchev–Trinajstić information content (AvgIpc) is 2.14. The van der Waals surface area contributed by atoms with Crippen LogP contribution in [0.4, 0.5) is 10.1 Å². The van der Waals surface area contributed by atoms with Gasteiger partial charge in [-0.2, -0.15) is 0 Å². The first-order valence-corrected chi connectivity index (χ1v) is 5.68. The van der Waals surface area contributed by atoms with Crippen LogP contribution < -0.4 is 4.90 Å². The molecule has 0 unspecified atom stereocenters. The summed E-state index contributed by atoms with van der Waals surface area (Å²) in [4.78, 5) is 1.96. The first-order valence-electron chi connectivity index (χ1n) is 4.89. The van der Waals surface area contributed by atoms with Crippen molar-refractivity contribution < 1.29 is 4.39 Å². The second kappa shape index (κ2) is 5.31. The Morgan fingerprint density at radius 1 is 1.53 bits per heavy atom. The number of halogens is 2. The van der Waals surface area contributed by atoms with E-state index in [0.29, 0.717) is 12.2 Å². The fraction of sp³-hybridized carbons (Fsp3) is 0.333. The van der Waals surface area contributed by atoms with Crippen molar-refractivity contribution in [1.82, 2.24) is 0 Å². The topological polar surface area (TPSA) is 3.24 Å². The standard InChI is InChI=1S/C12H15BrFN/c1-4-15(8-9(2)3)12-6-5-10(13)7-11(12)14/h5-7H,2,4,8H2,1,3H3. The van der Waals surface area contributed by atoms with Gasteiger partial charge in [0.05, 0.1) is 5.69 Å². The molecule has 0 atom stereocenters. The summed E-state index contributed by atoms with van der Waals surface area (Å²) < 4.78 is 14.4. The normalized spacial score (nSPS) is 10.1. The Balaban J connectivity index is 2.96. The van der Waals surface area contributed by atoms with Crippen LogP contribution >= 0.6 is 15.9 Å². The van der Waals surface area contributed by atoms with Crippen LogP contribution in [0.25, 0.3) is 0 Å². The largest absolute Gasteiger partial charge is 0.365 e. The maximum Gasteiger partial charge on any atom is 0.147 e. The quantitative estimate of drug-likeness (QED) is 0.749. The number of nitrogens with zero attached hydrogens (tertiary/aromatic N) is 1. The fourth-order valence-corrected chi connectivity index (χ4v) is 1.76. The molecule has 82 valence electrons. The summed E-state index contributed by atoms with van der Waals surface area (Å²) in [5.74, 6) is -0.201. The van der Waals surface area contributed by atoms with Crippen molar-refractivity contribution >= 4 is 21.6 Å². The van der Waals surface area contributed by atoms with E-state index in [-0.39, 0.29) is 5.82 Å². The van der Waals surface area contributed by atoms with Gasteiger partial charge in [-0.15, -0.1) is 0 Å². The van der Waals surface area contributed by atoms with Gasteiger partial charge in [0.2, 0.25) is 0 Å². The van der Waals surface area contributed by atoms with Crippen molar-refractivity contribution in [1.29, 1.82) is 0 Å². The number of hydrogen-bond donors (Lipinski definition) is 0. The second-order valence-electron chi connectivity index (χ2n) is 3.57. The lowest BCUT2D eigenvalue weighted by atomic mass is 10.2. The van der Waals surface area contributed by atoms with Gasteiger partial charge in [-0.3, -0.25) is 0 Å². The number of likely N-dealkylation sites (N-methyl/N-ethyl adjacent to an activating group) is 1. The zero-order valence-electron chi connectivity index (χ0n) is 9.06. The van der Waals surface area contributed by atoms with Gasteiger partial charge in [-0.05, 0) is 32.0 Å². The van der Waals surface area contributed by atoms with E-state index in [9.17, 15) is 4.39 Å². The first kappa shape index (κ1) is 12.2. The van der Waals surface area contributed by atoms with E-state index in [2.05, 4.69) is 22.5 Å². The van der Waals surface area contributed by atoms with Gasteiger partial charge < -0.3 is 4.90 Å². The molecule has 0 spiro atoms. The summed E-state index contributed by atoms with van der Waals surface area (Å²) in [6.07, 6.45) is 0. The summed E-state index contributed by atoms with van der Waals surface area (Å²) in [6, 6.07) is 5.11. The fourth-order valence-electron chi connectivity index (χ4n) is 1.43. The van der Waals surface area contributed by atoms with Gasteiger partial charge in [0.15, 0.2) is 0 Å². The van der Waals surface area contributed by atoms with E-state index in [1.54, 1.807) is 6.07 Å². The smallest absolute Gasteiger partial charge is 0.147 e. The molecular formula is C12H15BrFN. The molecule has 1 aromatic carbocycles. The molecule has 15 heavy (non-hydrogen) atoms. The van der Waals surface area contributed by atoms with Gasteiger partial charge in [0, 0.05) is 17.6 Å². The molecule has 0 saturated carbocycles. The minimum Gasteiger partial charge on any atom is -0.365 e. The Morgan fingerprint density at radius 2 is 2.20 bits per heavy atom. The van der Waals surface area contributed by atoms with E-state index in [1.807, 2.05) is 24.8 Å². The molecule has 0 aliphatic carbocycles. The summed E-state index contributed by atoms with van der Waals surface area (Å²) in [6.45, 7) is 9.25. The maximum absolute atomic E-state index is 13.6.